The fourth-order valence-electron chi connectivity index (χ4n) is 2.12. The first-order chi connectivity index (χ1) is 9.38. The SMILES string of the molecule is CN1CCN(c2cc(C(N)=O)nc(Cl)n2)C(C(N)=O)C1. The summed E-state index contributed by atoms with van der Waals surface area (Å²) in [5.41, 5.74) is 10.6. The van der Waals surface area contributed by atoms with Crippen LogP contribution in [0.4, 0.5) is 5.82 Å². The van der Waals surface area contributed by atoms with Gasteiger partial charge in [0.1, 0.15) is 17.6 Å². The Labute approximate surface area is 120 Å². The third-order valence-electron chi connectivity index (χ3n) is 3.14. The molecule has 1 aliphatic rings. The lowest BCUT2D eigenvalue weighted by Crippen LogP contribution is -2.57. The number of rotatable bonds is 3. The molecule has 1 saturated heterocycles. The van der Waals surface area contributed by atoms with Crippen molar-refractivity contribution in [2.45, 2.75) is 6.04 Å². The van der Waals surface area contributed by atoms with Gasteiger partial charge in [-0.15, -0.1) is 0 Å². The van der Waals surface area contributed by atoms with Gasteiger partial charge in [0, 0.05) is 25.7 Å². The molecule has 9 heteroatoms. The summed E-state index contributed by atoms with van der Waals surface area (Å²) in [5.74, 6) is -0.803. The van der Waals surface area contributed by atoms with Gasteiger partial charge in [-0.1, -0.05) is 0 Å². The Morgan fingerprint density at radius 1 is 1.35 bits per heavy atom. The predicted octanol–water partition coefficient (Wildman–Crippen LogP) is -1.17. The van der Waals surface area contributed by atoms with Crippen LogP contribution >= 0.6 is 11.6 Å². The number of aromatic nitrogens is 2. The van der Waals surface area contributed by atoms with Crippen LogP contribution in [0.2, 0.25) is 5.28 Å². The summed E-state index contributed by atoms with van der Waals surface area (Å²) in [6, 6.07) is 0.871. The maximum atomic E-state index is 11.6. The summed E-state index contributed by atoms with van der Waals surface area (Å²) >= 11 is 5.79. The Kier molecular flexibility index (Phi) is 4.05. The topological polar surface area (TPSA) is 118 Å². The third-order valence-corrected chi connectivity index (χ3v) is 3.31. The number of primary amides is 2. The van der Waals surface area contributed by atoms with Crippen LogP contribution in [0.25, 0.3) is 0 Å². The maximum Gasteiger partial charge on any atom is 0.267 e. The van der Waals surface area contributed by atoms with E-state index in [1.165, 1.54) is 6.07 Å². The molecule has 0 spiro atoms. The molecule has 4 N–H and O–H groups in total. The highest BCUT2D eigenvalue weighted by molar-refractivity contribution is 6.28. The highest BCUT2D eigenvalue weighted by Gasteiger charge is 2.31. The summed E-state index contributed by atoms with van der Waals surface area (Å²) in [6.45, 7) is 1.75. The van der Waals surface area contributed by atoms with Gasteiger partial charge in [-0.25, -0.2) is 9.97 Å². The van der Waals surface area contributed by atoms with Crippen molar-refractivity contribution in [3.63, 3.8) is 0 Å². The van der Waals surface area contributed by atoms with E-state index in [2.05, 4.69) is 9.97 Å². The molecular weight excluding hydrogens is 284 g/mol. The number of amides is 2. The first-order valence-corrected chi connectivity index (χ1v) is 6.35. The molecule has 2 amide bonds. The summed E-state index contributed by atoms with van der Waals surface area (Å²) < 4.78 is 0. The lowest BCUT2D eigenvalue weighted by atomic mass is 10.1. The van der Waals surface area contributed by atoms with Crippen molar-refractivity contribution < 1.29 is 9.59 Å². The van der Waals surface area contributed by atoms with E-state index in [1.54, 1.807) is 4.90 Å². The number of piperazine rings is 1. The average molecular weight is 299 g/mol. The van der Waals surface area contributed by atoms with E-state index in [9.17, 15) is 9.59 Å². The van der Waals surface area contributed by atoms with Gasteiger partial charge in [0.05, 0.1) is 0 Å². The van der Waals surface area contributed by atoms with E-state index < -0.39 is 17.9 Å². The fourth-order valence-corrected chi connectivity index (χ4v) is 2.29. The number of likely N-dealkylation sites (N-methyl/N-ethyl adjacent to an activating group) is 1. The van der Waals surface area contributed by atoms with Crippen LogP contribution in [0.3, 0.4) is 0 Å². The minimum atomic E-state index is -0.708. The Balaban J connectivity index is 2.38. The second-order valence-electron chi connectivity index (χ2n) is 4.62. The van der Waals surface area contributed by atoms with E-state index in [0.717, 1.165) is 6.54 Å². The highest BCUT2D eigenvalue weighted by Crippen LogP contribution is 2.20. The van der Waals surface area contributed by atoms with Crippen LogP contribution in [0.1, 0.15) is 10.5 Å². The average Bonchev–Trinajstić information content (AvgIpc) is 2.37. The smallest absolute Gasteiger partial charge is 0.267 e. The van der Waals surface area contributed by atoms with Gasteiger partial charge in [0.2, 0.25) is 11.2 Å². The Bertz CT molecular complexity index is 552. The van der Waals surface area contributed by atoms with Crippen molar-refractivity contribution in [2.75, 3.05) is 31.6 Å². The number of nitrogens with two attached hydrogens (primary N) is 2. The summed E-state index contributed by atoms with van der Waals surface area (Å²) in [5, 5.41) is -0.0987. The molecule has 0 radical (unpaired) electrons. The van der Waals surface area contributed by atoms with Gasteiger partial charge in [0.25, 0.3) is 5.91 Å². The maximum absolute atomic E-state index is 11.6. The monoisotopic (exact) mass is 298 g/mol. The second-order valence-corrected chi connectivity index (χ2v) is 4.96. The normalized spacial score (nSPS) is 19.9. The zero-order chi connectivity index (χ0) is 14.9. The van der Waals surface area contributed by atoms with Crippen molar-refractivity contribution in [1.82, 2.24) is 14.9 Å². The molecule has 0 aliphatic carbocycles. The number of hydrogen-bond acceptors (Lipinski definition) is 6. The van der Waals surface area contributed by atoms with Crippen molar-refractivity contribution in [1.29, 1.82) is 0 Å². The molecule has 1 atom stereocenters. The van der Waals surface area contributed by atoms with Crippen LogP contribution in [0.5, 0.6) is 0 Å². The molecule has 1 fully saturated rings. The third kappa shape index (κ3) is 2.97. The molecule has 1 aromatic heterocycles. The number of carbonyl (C=O) groups excluding carboxylic acids is 2. The van der Waals surface area contributed by atoms with Crippen molar-refractivity contribution in [3.05, 3.63) is 17.0 Å². The van der Waals surface area contributed by atoms with E-state index in [1.807, 2.05) is 11.9 Å². The Morgan fingerprint density at radius 2 is 2.05 bits per heavy atom. The van der Waals surface area contributed by atoms with E-state index in [0.29, 0.717) is 18.9 Å². The molecule has 8 nitrogen and oxygen atoms in total. The van der Waals surface area contributed by atoms with Gasteiger partial charge in [-0.2, -0.15) is 0 Å². The molecule has 0 bridgehead atoms. The first kappa shape index (κ1) is 14.5. The number of carbonyl (C=O) groups is 2. The van der Waals surface area contributed by atoms with Crippen LogP contribution in [-0.2, 0) is 4.79 Å². The predicted molar refractivity (Wildman–Crippen MR) is 73.4 cm³/mol. The number of hydrogen-bond donors (Lipinski definition) is 2. The van der Waals surface area contributed by atoms with E-state index in [-0.39, 0.29) is 11.0 Å². The number of anilines is 1. The standard InChI is InChI=1S/C11H15ClN6O2/c1-17-2-3-18(7(5-17)10(14)20)8-4-6(9(13)19)15-11(12)16-8/h4,7H,2-3,5H2,1H3,(H2,13,19)(H2,14,20). The molecule has 108 valence electrons. The van der Waals surface area contributed by atoms with Crippen LogP contribution in [0.15, 0.2) is 6.07 Å². The zero-order valence-corrected chi connectivity index (χ0v) is 11.7. The van der Waals surface area contributed by atoms with Crippen molar-refractivity contribution in [3.8, 4) is 0 Å². The summed E-state index contributed by atoms with van der Waals surface area (Å²) in [7, 11) is 1.90. The molecule has 1 aliphatic heterocycles. The van der Waals surface area contributed by atoms with E-state index >= 15 is 0 Å². The van der Waals surface area contributed by atoms with Crippen molar-refractivity contribution in [2.24, 2.45) is 11.5 Å². The molecule has 20 heavy (non-hydrogen) atoms. The van der Waals surface area contributed by atoms with Crippen LogP contribution in [-0.4, -0.2) is 59.4 Å². The van der Waals surface area contributed by atoms with Gasteiger partial charge in [-0.05, 0) is 18.6 Å². The zero-order valence-electron chi connectivity index (χ0n) is 10.9. The molecular formula is C11H15ClN6O2. The molecule has 2 heterocycles. The summed E-state index contributed by atoms with van der Waals surface area (Å²) in [6.07, 6.45) is 0. The largest absolute Gasteiger partial charge is 0.368 e. The highest BCUT2D eigenvalue weighted by atomic mass is 35.5. The minimum absolute atomic E-state index is 0.00199. The van der Waals surface area contributed by atoms with Crippen LogP contribution in [0, 0.1) is 0 Å². The minimum Gasteiger partial charge on any atom is -0.368 e. The molecule has 1 unspecified atom stereocenters. The van der Waals surface area contributed by atoms with Crippen molar-refractivity contribution >= 4 is 29.2 Å². The summed E-state index contributed by atoms with van der Waals surface area (Å²) in [4.78, 5) is 34.3. The van der Waals surface area contributed by atoms with Gasteiger partial charge in [-0.3, -0.25) is 9.59 Å². The van der Waals surface area contributed by atoms with Gasteiger partial charge < -0.3 is 21.3 Å². The quantitative estimate of drug-likeness (QED) is 0.679. The first-order valence-electron chi connectivity index (χ1n) is 5.97. The molecule has 2 rings (SSSR count). The number of halogens is 1. The molecule has 1 aromatic rings. The van der Waals surface area contributed by atoms with E-state index in [4.69, 9.17) is 23.1 Å². The van der Waals surface area contributed by atoms with Gasteiger partial charge >= 0.3 is 0 Å². The lowest BCUT2D eigenvalue weighted by Gasteiger charge is -2.39. The number of nitrogens with zero attached hydrogens (tertiary/aromatic N) is 4. The Hall–Kier alpha value is -1.93. The second kappa shape index (κ2) is 5.59. The van der Waals surface area contributed by atoms with Crippen LogP contribution < -0.4 is 16.4 Å². The lowest BCUT2D eigenvalue weighted by molar-refractivity contribution is -0.120. The molecule has 0 saturated carbocycles. The Morgan fingerprint density at radius 3 is 2.65 bits per heavy atom. The van der Waals surface area contributed by atoms with Gasteiger partial charge in [0.15, 0.2) is 0 Å². The fraction of sp³-hybridized carbons (Fsp3) is 0.455. The molecule has 0 aromatic carbocycles.